The Bertz CT molecular complexity index is 1260. The van der Waals surface area contributed by atoms with Crippen LogP contribution in [-0.4, -0.2) is 12.5 Å². The van der Waals surface area contributed by atoms with Crippen molar-refractivity contribution in [1.82, 2.24) is 0 Å². The average Bonchev–Trinajstić information content (AvgIpc) is 2.80. The van der Waals surface area contributed by atoms with E-state index in [-0.39, 0.29) is 5.57 Å². The predicted molar refractivity (Wildman–Crippen MR) is 136 cm³/mol. The van der Waals surface area contributed by atoms with E-state index in [4.69, 9.17) is 21.1 Å². The van der Waals surface area contributed by atoms with Crippen LogP contribution in [0, 0.1) is 32.1 Å². The second-order valence-electron chi connectivity index (χ2n) is 7.98. The number of amides is 1. The van der Waals surface area contributed by atoms with E-state index in [0.717, 1.165) is 16.7 Å². The number of nitriles is 1. The summed E-state index contributed by atoms with van der Waals surface area (Å²) in [5, 5.41) is 12.7. The Hall–Kier alpha value is -3.75. The van der Waals surface area contributed by atoms with Crippen molar-refractivity contribution in [3.63, 3.8) is 0 Å². The standard InChI is InChI=1S/C28H27ClN2O3/c1-5-33-26-15-22(14-24(29)27(26)34-17-21-9-6-18(2)7-10-21)13-23(16-30)28(32)31-25-11-8-19(3)12-20(25)4/h6-15H,5,17H2,1-4H3,(H,31,32)/b23-13+. The molecular weight excluding hydrogens is 448 g/mol. The molecule has 1 amide bonds. The molecule has 0 aliphatic carbocycles. The van der Waals surface area contributed by atoms with Gasteiger partial charge < -0.3 is 14.8 Å². The van der Waals surface area contributed by atoms with Crippen molar-refractivity contribution in [2.24, 2.45) is 0 Å². The van der Waals surface area contributed by atoms with Crippen molar-refractivity contribution < 1.29 is 14.3 Å². The van der Waals surface area contributed by atoms with Gasteiger partial charge in [-0.25, -0.2) is 0 Å². The van der Waals surface area contributed by atoms with Crippen LogP contribution in [0.2, 0.25) is 5.02 Å². The maximum absolute atomic E-state index is 12.7. The first kappa shape index (κ1) is 24.9. The van der Waals surface area contributed by atoms with Gasteiger partial charge in [0, 0.05) is 5.69 Å². The molecule has 0 aliphatic rings. The second-order valence-corrected chi connectivity index (χ2v) is 8.39. The van der Waals surface area contributed by atoms with Gasteiger partial charge in [0.2, 0.25) is 0 Å². The van der Waals surface area contributed by atoms with Crippen LogP contribution in [0.25, 0.3) is 6.08 Å². The smallest absolute Gasteiger partial charge is 0.266 e. The number of carbonyl (C=O) groups is 1. The van der Waals surface area contributed by atoms with Gasteiger partial charge in [-0.1, -0.05) is 59.1 Å². The van der Waals surface area contributed by atoms with Crippen molar-refractivity contribution >= 4 is 29.3 Å². The molecule has 0 spiro atoms. The number of hydrogen-bond donors (Lipinski definition) is 1. The summed E-state index contributed by atoms with van der Waals surface area (Å²) in [6.07, 6.45) is 1.48. The molecule has 0 saturated carbocycles. The Kier molecular flexibility index (Phi) is 8.34. The lowest BCUT2D eigenvalue weighted by molar-refractivity contribution is -0.112. The number of anilines is 1. The van der Waals surface area contributed by atoms with E-state index >= 15 is 0 Å². The molecule has 6 heteroatoms. The quantitative estimate of drug-likeness (QED) is 0.288. The summed E-state index contributed by atoms with van der Waals surface area (Å²) >= 11 is 6.52. The van der Waals surface area contributed by atoms with Crippen molar-refractivity contribution in [2.75, 3.05) is 11.9 Å². The number of nitrogens with zero attached hydrogens (tertiary/aromatic N) is 1. The number of nitrogens with one attached hydrogen (secondary N) is 1. The highest BCUT2D eigenvalue weighted by molar-refractivity contribution is 6.32. The molecule has 0 radical (unpaired) electrons. The number of aryl methyl sites for hydroxylation is 3. The SMILES string of the molecule is CCOc1cc(/C=C(\C#N)C(=O)Nc2ccc(C)cc2C)cc(Cl)c1OCc1ccc(C)cc1. The molecule has 5 nitrogen and oxygen atoms in total. The van der Waals surface area contributed by atoms with Gasteiger partial charge in [-0.3, -0.25) is 4.79 Å². The van der Waals surface area contributed by atoms with Crippen molar-refractivity contribution in [3.8, 4) is 17.6 Å². The molecule has 3 aromatic carbocycles. The molecule has 174 valence electrons. The van der Waals surface area contributed by atoms with Gasteiger partial charge in [-0.05, 0) is 68.7 Å². The predicted octanol–water partition coefficient (Wildman–Crippen LogP) is 6.79. The Balaban J connectivity index is 1.85. The van der Waals surface area contributed by atoms with E-state index < -0.39 is 5.91 Å². The third kappa shape index (κ3) is 6.40. The van der Waals surface area contributed by atoms with Crippen molar-refractivity contribution in [3.05, 3.63) is 93.0 Å². The number of benzene rings is 3. The van der Waals surface area contributed by atoms with Crippen LogP contribution in [0.1, 0.15) is 34.7 Å². The molecule has 0 aliphatic heterocycles. The topological polar surface area (TPSA) is 71.3 Å². The van der Waals surface area contributed by atoms with Crippen LogP contribution in [0.5, 0.6) is 11.5 Å². The number of carbonyl (C=O) groups excluding carboxylic acids is 1. The number of ether oxygens (including phenoxy) is 2. The van der Waals surface area contributed by atoms with Crippen LogP contribution in [0.15, 0.2) is 60.2 Å². The maximum Gasteiger partial charge on any atom is 0.266 e. The maximum atomic E-state index is 12.7. The fraction of sp³-hybridized carbons (Fsp3) is 0.214. The molecule has 3 rings (SSSR count). The minimum Gasteiger partial charge on any atom is -0.490 e. The Morgan fingerprint density at radius 2 is 1.74 bits per heavy atom. The van der Waals surface area contributed by atoms with Gasteiger partial charge >= 0.3 is 0 Å². The first-order chi connectivity index (χ1) is 16.3. The number of rotatable bonds is 8. The summed E-state index contributed by atoms with van der Waals surface area (Å²) < 4.78 is 11.7. The van der Waals surface area contributed by atoms with Gasteiger partial charge in [-0.2, -0.15) is 5.26 Å². The van der Waals surface area contributed by atoms with Gasteiger partial charge in [0.05, 0.1) is 11.6 Å². The molecular formula is C28H27ClN2O3. The van der Waals surface area contributed by atoms with Crippen LogP contribution in [0.4, 0.5) is 5.69 Å². The molecule has 0 saturated heterocycles. The van der Waals surface area contributed by atoms with E-state index in [1.54, 1.807) is 12.1 Å². The lowest BCUT2D eigenvalue weighted by Gasteiger charge is -2.15. The number of hydrogen-bond acceptors (Lipinski definition) is 4. The highest BCUT2D eigenvalue weighted by Crippen LogP contribution is 2.38. The van der Waals surface area contributed by atoms with Crippen LogP contribution >= 0.6 is 11.6 Å². The average molecular weight is 475 g/mol. The minimum atomic E-state index is -0.497. The molecule has 1 N–H and O–H groups in total. The van der Waals surface area contributed by atoms with E-state index in [0.29, 0.717) is 41.0 Å². The monoisotopic (exact) mass is 474 g/mol. The highest BCUT2D eigenvalue weighted by Gasteiger charge is 2.15. The van der Waals surface area contributed by atoms with E-state index in [1.165, 1.54) is 11.6 Å². The third-order valence-corrected chi connectivity index (χ3v) is 5.42. The van der Waals surface area contributed by atoms with E-state index in [2.05, 4.69) is 5.32 Å². The summed E-state index contributed by atoms with van der Waals surface area (Å²) in [4.78, 5) is 12.7. The minimum absolute atomic E-state index is 0.0492. The first-order valence-electron chi connectivity index (χ1n) is 11.0. The van der Waals surface area contributed by atoms with Gasteiger partial charge in [0.1, 0.15) is 18.2 Å². The van der Waals surface area contributed by atoms with Crippen molar-refractivity contribution in [2.45, 2.75) is 34.3 Å². The summed E-state index contributed by atoms with van der Waals surface area (Å²) in [5.74, 6) is 0.364. The molecule has 0 aromatic heterocycles. The fourth-order valence-corrected chi connectivity index (χ4v) is 3.65. The van der Waals surface area contributed by atoms with E-state index in [9.17, 15) is 10.1 Å². The highest BCUT2D eigenvalue weighted by atomic mass is 35.5. The lowest BCUT2D eigenvalue weighted by atomic mass is 10.1. The number of halogens is 1. The van der Waals surface area contributed by atoms with Crippen LogP contribution < -0.4 is 14.8 Å². The Morgan fingerprint density at radius 1 is 1.03 bits per heavy atom. The zero-order chi connectivity index (χ0) is 24.7. The fourth-order valence-electron chi connectivity index (χ4n) is 3.37. The summed E-state index contributed by atoms with van der Waals surface area (Å²) in [7, 11) is 0. The summed E-state index contributed by atoms with van der Waals surface area (Å²) in [5.41, 5.74) is 5.35. The van der Waals surface area contributed by atoms with Gasteiger partial charge in [-0.15, -0.1) is 0 Å². The zero-order valence-corrected chi connectivity index (χ0v) is 20.5. The molecule has 3 aromatic rings. The summed E-state index contributed by atoms with van der Waals surface area (Å²) in [6.45, 7) is 8.51. The zero-order valence-electron chi connectivity index (χ0n) is 19.7. The molecule has 0 bridgehead atoms. The van der Waals surface area contributed by atoms with Crippen LogP contribution in [-0.2, 0) is 11.4 Å². The molecule has 0 fully saturated rings. The second kappa shape index (κ2) is 11.4. The molecule has 0 heterocycles. The molecule has 0 atom stereocenters. The third-order valence-electron chi connectivity index (χ3n) is 5.14. The normalized spacial score (nSPS) is 11.0. The largest absolute Gasteiger partial charge is 0.490 e. The summed E-state index contributed by atoms with van der Waals surface area (Å²) in [6, 6.07) is 19.0. The Labute approximate surface area is 205 Å². The van der Waals surface area contributed by atoms with Crippen molar-refractivity contribution in [1.29, 1.82) is 5.26 Å². The Morgan fingerprint density at radius 3 is 2.38 bits per heavy atom. The van der Waals surface area contributed by atoms with Gasteiger partial charge in [0.25, 0.3) is 5.91 Å². The van der Waals surface area contributed by atoms with Gasteiger partial charge in [0.15, 0.2) is 11.5 Å². The molecule has 0 unspecified atom stereocenters. The lowest BCUT2D eigenvalue weighted by Crippen LogP contribution is -2.14. The first-order valence-corrected chi connectivity index (χ1v) is 11.3. The van der Waals surface area contributed by atoms with Crippen LogP contribution in [0.3, 0.4) is 0 Å². The van der Waals surface area contributed by atoms with E-state index in [1.807, 2.05) is 76.2 Å². The molecule has 34 heavy (non-hydrogen) atoms.